The van der Waals surface area contributed by atoms with Gasteiger partial charge in [-0.2, -0.15) is 0 Å². The van der Waals surface area contributed by atoms with Crippen molar-refractivity contribution in [3.05, 3.63) is 0 Å². The molecule has 0 aromatic carbocycles. The Bertz CT molecular complexity index is 50.0. The van der Waals surface area contributed by atoms with Gasteiger partial charge >= 0.3 is 0 Å². The maximum atomic E-state index is 2.51. The van der Waals surface area contributed by atoms with Gasteiger partial charge in [-0.05, 0) is 25.6 Å². The van der Waals surface area contributed by atoms with Gasteiger partial charge in [0.15, 0.2) is 0 Å². The van der Waals surface area contributed by atoms with Gasteiger partial charge in [-0.3, -0.25) is 0 Å². The van der Waals surface area contributed by atoms with E-state index in [-0.39, 0.29) is 0 Å². The van der Waals surface area contributed by atoms with E-state index in [0.717, 1.165) is 9.68 Å². The summed E-state index contributed by atoms with van der Waals surface area (Å²) in [5, 5.41) is 0. The molecular formula is C5H11NSi. The molecule has 1 aliphatic rings. The third kappa shape index (κ3) is 1.28. The topological polar surface area (TPSA) is 3.24 Å². The van der Waals surface area contributed by atoms with E-state index in [0.29, 0.717) is 0 Å². The lowest BCUT2D eigenvalue weighted by Gasteiger charge is -2.07. The van der Waals surface area contributed by atoms with Crippen molar-refractivity contribution in [1.29, 1.82) is 0 Å². The second-order valence-electron chi connectivity index (χ2n) is 1.84. The van der Waals surface area contributed by atoms with E-state index in [2.05, 4.69) is 11.5 Å². The van der Waals surface area contributed by atoms with Crippen molar-refractivity contribution in [1.82, 2.24) is 4.57 Å². The summed E-state index contributed by atoms with van der Waals surface area (Å²) in [5.41, 5.74) is 0. The van der Waals surface area contributed by atoms with E-state index < -0.39 is 0 Å². The van der Waals surface area contributed by atoms with Crippen LogP contribution in [0.4, 0.5) is 0 Å². The van der Waals surface area contributed by atoms with Crippen LogP contribution in [0.2, 0.25) is 6.04 Å². The summed E-state index contributed by atoms with van der Waals surface area (Å²) in [5.74, 6) is 0. The predicted octanol–water partition coefficient (Wildman–Crippen LogP) is 0.749. The molecule has 1 rings (SSSR count). The molecule has 1 aliphatic heterocycles. The largest absolute Gasteiger partial charge is 0.326 e. The molecule has 0 spiro atoms. The van der Waals surface area contributed by atoms with Crippen molar-refractivity contribution < 1.29 is 0 Å². The lowest BCUT2D eigenvalue weighted by molar-refractivity contribution is 0.502. The Balaban J connectivity index is 2.14. The average Bonchev–Trinajstić information content (AvgIpc) is 2.14. The minimum atomic E-state index is 1.13. The number of nitrogens with zero attached hydrogens (tertiary/aromatic N) is 1. The number of hydrogen-bond acceptors (Lipinski definition) is 1. The lowest BCUT2D eigenvalue weighted by atomic mass is 10.5. The maximum Gasteiger partial charge on any atom is 0.141 e. The third-order valence-electron chi connectivity index (χ3n) is 1.32. The van der Waals surface area contributed by atoms with Gasteiger partial charge < -0.3 is 4.57 Å². The van der Waals surface area contributed by atoms with Crippen LogP contribution in [-0.4, -0.2) is 27.3 Å². The predicted molar refractivity (Wildman–Crippen MR) is 32.4 cm³/mol. The monoisotopic (exact) mass is 113 g/mol. The smallest absolute Gasteiger partial charge is 0.141 e. The molecule has 0 unspecified atom stereocenters. The van der Waals surface area contributed by atoms with Crippen molar-refractivity contribution in [2.24, 2.45) is 0 Å². The zero-order chi connectivity index (χ0) is 5.11. The molecule has 40 valence electrons. The van der Waals surface area contributed by atoms with Gasteiger partial charge in [0.25, 0.3) is 0 Å². The van der Waals surface area contributed by atoms with Gasteiger partial charge in [-0.1, -0.05) is 6.92 Å². The first-order chi connectivity index (χ1) is 3.43. The van der Waals surface area contributed by atoms with E-state index in [1.165, 1.54) is 25.6 Å². The molecule has 1 fully saturated rings. The molecule has 0 saturated carbocycles. The summed E-state index contributed by atoms with van der Waals surface area (Å²) in [6.07, 6.45) is 1.44. The second kappa shape index (κ2) is 2.48. The minimum Gasteiger partial charge on any atom is -0.326 e. The molecule has 1 nitrogen and oxygen atoms in total. The van der Waals surface area contributed by atoms with Crippen molar-refractivity contribution in [3.8, 4) is 0 Å². The highest BCUT2D eigenvalue weighted by Gasteiger charge is 2.08. The first-order valence-electron chi connectivity index (χ1n) is 2.92. The van der Waals surface area contributed by atoms with Crippen LogP contribution in [0, 0.1) is 0 Å². The van der Waals surface area contributed by atoms with Crippen LogP contribution in [0.15, 0.2) is 0 Å². The SMILES string of the molecule is CCN1CCC[Si]1. The Kier molecular flexibility index (Phi) is 1.88. The van der Waals surface area contributed by atoms with Gasteiger partial charge in [0.1, 0.15) is 9.68 Å². The van der Waals surface area contributed by atoms with E-state index >= 15 is 0 Å². The summed E-state index contributed by atoms with van der Waals surface area (Å²) < 4.78 is 2.51. The highest BCUT2D eigenvalue weighted by Crippen LogP contribution is 2.03. The molecule has 0 aromatic heterocycles. The second-order valence-corrected chi connectivity index (χ2v) is 3.29. The molecule has 2 heteroatoms. The van der Waals surface area contributed by atoms with Crippen LogP contribution in [-0.2, 0) is 0 Å². The van der Waals surface area contributed by atoms with E-state index in [4.69, 9.17) is 0 Å². The van der Waals surface area contributed by atoms with Crippen LogP contribution in [0.25, 0.3) is 0 Å². The molecule has 0 bridgehead atoms. The van der Waals surface area contributed by atoms with Crippen LogP contribution in [0.1, 0.15) is 13.3 Å². The van der Waals surface area contributed by atoms with Crippen molar-refractivity contribution in [2.45, 2.75) is 19.4 Å². The summed E-state index contributed by atoms with van der Waals surface area (Å²) in [6, 6.07) is 1.45. The molecular weight excluding hydrogens is 102 g/mol. The van der Waals surface area contributed by atoms with Crippen molar-refractivity contribution in [3.63, 3.8) is 0 Å². The van der Waals surface area contributed by atoms with Crippen molar-refractivity contribution in [2.75, 3.05) is 13.1 Å². The fraction of sp³-hybridized carbons (Fsp3) is 1.00. The molecule has 1 saturated heterocycles. The standard InChI is InChI=1S/C5H11NSi/c1-2-6-4-3-5-7-6/h2-5H2,1H3. The van der Waals surface area contributed by atoms with E-state index in [1.54, 1.807) is 0 Å². The Morgan fingerprint density at radius 3 is 2.86 bits per heavy atom. The van der Waals surface area contributed by atoms with Gasteiger partial charge in [0, 0.05) is 0 Å². The fourth-order valence-electron chi connectivity index (χ4n) is 0.856. The minimum absolute atomic E-state index is 1.13. The third-order valence-corrected chi connectivity index (χ3v) is 2.89. The molecule has 0 aliphatic carbocycles. The first-order valence-corrected chi connectivity index (χ1v) is 4.07. The lowest BCUT2D eigenvalue weighted by Crippen LogP contribution is -2.20. The van der Waals surface area contributed by atoms with Gasteiger partial charge in [-0.15, -0.1) is 0 Å². The van der Waals surface area contributed by atoms with Crippen molar-refractivity contribution >= 4 is 9.68 Å². The Labute approximate surface area is 47.6 Å². The fourth-order valence-corrected chi connectivity index (χ4v) is 2.03. The van der Waals surface area contributed by atoms with Crippen LogP contribution < -0.4 is 0 Å². The Hall–Kier alpha value is 0.177. The molecule has 0 atom stereocenters. The summed E-state index contributed by atoms with van der Waals surface area (Å²) in [4.78, 5) is 0. The summed E-state index contributed by atoms with van der Waals surface area (Å²) in [6.45, 7) is 4.85. The average molecular weight is 113 g/mol. The molecule has 0 amide bonds. The molecule has 0 N–H and O–H groups in total. The summed E-state index contributed by atoms with van der Waals surface area (Å²) in [7, 11) is 1.13. The normalized spacial score (nSPS) is 23.6. The van der Waals surface area contributed by atoms with Crippen LogP contribution in [0.3, 0.4) is 0 Å². The molecule has 2 radical (unpaired) electrons. The zero-order valence-electron chi connectivity index (χ0n) is 4.78. The van der Waals surface area contributed by atoms with Crippen LogP contribution >= 0.6 is 0 Å². The Morgan fingerprint density at radius 1 is 1.71 bits per heavy atom. The summed E-state index contributed by atoms with van der Waals surface area (Å²) >= 11 is 0. The highest BCUT2D eigenvalue weighted by molar-refractivity contribution is 6.32. The van der Waals surface area contributed by atoms with E-state index in [9.17, 15) is 0 Å². The Morgan fingerprint density at radius 2 is 2.57 bits per heavy atom. The molecule has 7 heavy (non-hydrogen) atoms. The maximum absolute atomic E-state index is 2.51. The van der Waals surface area contributed by atoms with Gasteiger partial charge in [0.2, 0.25) is 0 Å². The molecule has 0 aromatic rings. The highest BCUT2D eigenvalue weighted by atomic mass is 28.2. The number of hydrogen-bond donors (Lipinski definition) is 0. The van der Waals surface area contributed by atoms with Gasteiger partial charge in [0.05, 0.1) is 0 Å². The zero-order valence-corrected chi connectivity index (χ0v) is 5.78. The van der Waals surface area contributed by atoms with Gasteiger partial charge in [-0.25, -0.2) is 0 Å². The quantitative estimate of drug-likeness (QED) is 0.454. The molecule has 1 heterocycles. The number of rotatable bonds is 1. The first kappa shape index (κ1) is 5.32. The van der Waals surface area contributed by atoms with E-state index in [1.807, 2.05) is 0 Å². The van der Waals surface area contributed by atoms with Crippen LogP contribution in [0.5, 0.6) is 0 Å².